The molecule has 0 bridgehead atoms. The van der Waals surface area contributed by atoms with Crippen molar-refractivity contribution in [2.24, 2.45) is 17.8 Å². The third kappa shape index (κ3) is 1.62. The van der Waals surface area contributed by atoms with Gasteiger partial charge in [0, 0.05) is 0 Å². The molecule has 1 aliphatic rings. The molecule has 10 heavy (non-hydrogen) atoms. The Morgan fingerprint density at radius 3 is 2.20 bits per heavy atom. The maximum Gasteiger partial charge on any atom is -0.0317 e. The fourth-order valence-electron chi connectivity index (χ4n) is 1.90. The lowest BCUT2D eigenvalue weighted by Crippen LogP contribution is -2.18. The molecule has 0 radical (unpaired) electrons. The normalized spacial score (nSPS) is 33.2. The largest absolute Gasteiger partial charge is 0.0883 e. The van der Waals surface area contributed by atoms with Crippen molar-refractivity contribution >= 4 is 0 Å². The van der Waals surface area contributed by atoms with Crippen LogP contribution in [-0.4, -0.2) is 0 Å². The summed E-state index contributed by atoms with van der Waals surface area (Å²) in [4.78, 5) is 0. The van der Waals surface area contributed by atoms with Gasteiger partial charge in [0.05, 0.1) is 0 Å². The van der Waals surface area contributed by atoms with Gasteiger partial charge in [0.15, 0.2) is 0 Å². The van der Waals surface area contributed by atoms with E-state index in [1.165, 1.54) is 12.8 Å². The average Bonchev–Trinajstić information content (AvgIpc) is 1.88. The van der Waals surface area contributed by atoms with Gasteiger partial charge in [-0.25, -0.2) is 0 Å². The monoisotopic (exact) mass is 138 g/mol. The Kier molecular flexibility index (Phi) is 2.53. The lowest BCUT2D eigenvalue weighted by atomic mass is 9.77. The van der Waals surface area contributed by atoms with Crippen LogP contribution in [-0.2, 0) is 0 Å². The van der Waals surface area contributed by atoms with Gasteiger partial charge < -0.3 is 0 Å². The van der Waals surface area contributed by atoms with Crippen molar-refractivity contribution in [2.45, 2.75) is 33.6 Å². The molecular formula is C10H18. The van der Waals surface area contributed by atoms with Crippen LogP contribution in [0.3, 0.4) is 0 Å². The molecule has 0 amide bonds. The number of hydrogen-bond donors (Lipinski definition) is 0. The topological polar surface area (TPSA) is 0 Å². The van der Waals surface area contributed by atoms with Crippen molar-refractivity contribution in [1.82, 2.24) is 0 Å². The molecule has 0 aromatic rings. The SMILES string of the molecule is CC(C)C1CC=CCC1C. The van der Waals surface area contributed by atoms with Gasteiger partial charge in [-0.2, -0.15) is 0 Å². The van der Waals surface area contributed by atoms with E-state index in [1.54, 1.807) is 0 Å². The first kappa shape index (κ1) is 7.84. The van der Waals surface area contributed by atoms with E-state index in [1.807, 2.05) is 0 Å². The summed E-state index contributed by atoms with van der Waals surface area (Å²) in [6, 6.07) is 0. The Bertz CT molecular complexity index is 122. The zero-order chi connectivity index (χ0) is 7.56. The molecule has 58 valence electrons. The highest BCUT2D eigenvalue weighted by Gasteiger charge is 2.20. The number of rotatable bonds is 1. The predicted octanol–water partition coefficient (Wildman–Crippen LogP) is 3.24. The van der Waals surface area contributed by atoms with E-state index in [2.05, 4.69) is 32.9 Å². The van der Waals surface area contributed by atoms with Crippen LogP contribution in [0.1, 0.15) is 33.6 Å². The Morgan fingerprint density at radius 2 is 1.80 bits per heavy atom. The third-order valence-electron chi connectivity index (χ3n) is 2.67. The minimum absolute atomic E-state index is 0.861. The van der Waals surface area contributed by atoms with Gasteiger partial charge >= 0.3 is 0 Å². The smallest absolute Gasteiger partial charge is 0.0317 e. The van der Waals surface area contributed by atoms with Gasteiger partial charge in [-0.15, -0.1) is 0 Å². The highest BCUT2D eigenvalue weighted by molar-refractivity contribution is 4.93. The number of hydrogen-bond acceptors (Lipinski definition) is 0. The molecule has 2 unspecified atom stereocenters. The Morgan fingerprint density at radius 1 is 1.20 bits per heavy atom. The molecule has 0 heteroatoms. The van der Waals surface area contributed by atoms with E-state index in [-0.39, 0.29) is 0 Å². The minimum atomic E-state index is 0.861. The van der Waals surface area contributed by atoms with Crippen molar-refractivity contribution in [3.8, 4) is 0 Å². The molecule has 1 aliphatic carbocycles. The van der Waals surface area contributed by atoms with Crippen LogP contribution < -0.4 is 0 Å². The van der Waals surface area contributed by atoms with Crippen molar-refractivity contribution in [2.75, 3.05) is 0 Å². The Balaban J connectivity index is 2.51. The molecule has 1 rings (SSSR count). The van der Waals surface area contributed by atoms with E-state index < -0.39 is 0 Å². The lowest BCUT2D eigenvalue weighted by Gasteiger charge is -2.28. The lowest BCUT2D eigenvalue weighted by molar-refractivity contribution is 0.264. The van der Waals surface area contributed by atoms with Gasteiger partial charge in [-0.1, -0.05) is 32.9 Å². The first-order valence-electron chi connectivity index (χ1n) is 4.37. The van der Waals surface area contributed by atoms with Crippen molar-refractivity contribution in [3.63, 3.8) is 0 Å². The van der Waals surface area contributed by atoms with Gasteiger partial charge in [-0.3, -0.25) is 0 Å². The van der Waals surface area contributed by atoms with Crippen molar-refractivity contribution in [3.05, 3.63) is 12.2 Å². The van der Waals surface area contributed by atoms with Crippen LogP contribution in [0.2, 0.25) is 0 Å². The quantitative estimate of drug-likeness (QED) is 0.488. The summed E-state index contributed by atoms with van der Waals surface area (Å²) < 4.78 is 0. The van der Waals surface area contributed by atoms with Gasteiger partial charge in [-0.05, 0) is 30.6 Å². The summed E-state index contributed by atoms with van der Waals surface area (Å²) in [6.45, 7) is 7.04. The maximum atomic E-state index is 2.37. The zero-order valence-corrected chi connectivity index (χ0v) is 7.30. The molecule has 0 fully saturated rings. The minimum Gasteiger partial charge on any atom is -0.0883 e. The molecule has 0 N–H and O–H groups in total. The molecular weight excluding hydrogens is 120 g/mol. The van der Waals surface area contributed by atoms with Crippen LogP contribution in [0, 0.1) is 17.8 Å². The summed E-state index contributed by atoms with van der Waals surface area (Å²) in [6.07, 6.45) is 7.26. The molecule has 0 saturated heterocycles. The highest BCUT2D eigenvalue weighted by Crippen LogP contribution is 2.30. The van der Waals surface area contributed by atoms with Gasteiger partial charge in [0.25, 0.3) is 0 Å². The second kappa shape index (κ2) is 3.23. The summed E-state index contributed by atoms with van der Waals surface area (Å²) >= 11 is 0. The molecule has 0 aromatic carbocycles. The Hall–Kier alpha value is -0.260. The molecule has 0 saturated carbocycles. The van der Waals surface area contributed by atoms with Crippen LogP contribution in [0.5, 0.6) is 0 Å². The van der Waals surface area contributed by atoms with Crippen molar-refractivity contribution < 1.29 is 0 Å². The second-order valence-electron chi connectivity index (χ2n) is 3.83. The summed E-state index contributed by atoms with van der Waals surface area (Å²) in [5.74, 6) is 2.70. The second-order valence-corrected chi connectivity index (χ2v) is 3.83. The fraction of sp³-hybridized carbons (Fsp3) is 0.800. The highest BCUT2D eigenvalue weighted by atomic mass is 14.3. The average molecular weight is 138 g/mol. The number of allylic oxidation sites excluding steroid dienone is 2. The molecule has 0 heterocycles. The van der Waals surface area contributed by atoms with Crippen LogP contribution in [0.25, 0.3) is 0 Å². The predicted molar refractivity (Wildman–Crippen MR) is 45.9 cm³/mol. The summed E-state index contributed by atoms with van der Waals surface area (Å²) in [7, 11) is 0. The summed E-state index contributed by atoms with van der Waals surface area (Å²) in [5.41, 5.74) is 0. The molecule has 0 spiro atoms. The first-order chi connectivity index (χ1) is 4.72. The van der Waals surface area contributed by atoms with E-state index in [9.17, 15) is 0 Å². The standard InChI is InChI=1S/C10H18/c1-8(2)10-7-5-4-6-9(10)3/h4-5,8-10H,6-7H2,1-3H3. The third-order valence-corrected chi connectivity index (χ3v) is 2.67. The van der Waals surface area contributed by atoms with E-state index in [0.29, 0.717) is 0 Å². The van der Waals surface area contributed by atoms with Crippen molar-refractivity contribution in [1.29, 1.82) is 0 Å². The molecule has 0 nitrogen and oxygen atoms in total. The van der Waals surface area contributed by atoms with Crippen LogP contribution in [0.4, 0.5) is 0 Å². The fourth-order valence-corrected chi connectivity index (χ4v) is 1.90. The van der Waals surface area contributed by atoms with E-state index in [4.69, 9.17) is 0 Å². The van der Waals surface area contributed by atoms with Gasteiger partial charge in [0.1, 0.15) is 0 Å². The van der Waals surface area contributed by atoms with Crippen LogP contribution in [0.15, 0.2) is 12.2 Å². The molecule has 0 aromatic heterocycles. The van der Waals surface area contributed by atoms with Gasteiger partial charge in [0.2, 0.25) is 0 Å². The van der Waals surface area contributed by atoms with Crippen LogP contribution >= 0.6 is 0 Å². The molecule has 2 atom stereocenters. The molecule has 0 aliphatic heterocycles. The Labute approximate surface area is 64.3 Å². The zero-order valence-electron chi connectivity index (χ0n) is 7.30. The van der Waals surface area contributed by atoms with E-state index >= 15 is 0 Å². The van der Waals surface area contributed by atoms with E-state index in [0.717, 1.165) is 17.8 Å². The maximum absolute atomic E-state index is 2.37. The first-order valence-corrected chi connectivity index (χ1v) is 4.37. The summed E-state index contributed by atoms with van der Waals surface area (Å²) in [5, 5.41) is 0.